The second kappa shape index (κ2) is 9.54. The summed E-state index contributed by atoms with van der Waals surface area (Å²) in [5, 5.41) is 11.8. The summed E-state index contributed by atoms with van der Waals surface area (Å²) in [6, 6.07) is 17.7. The molecule has 8 heteroatoms. The van der Waals surface area contributed by atoms with Crippen molar-refractivity contribution in [3.05, 3.63) is 94.4 Å². The number of carboxylic acids is 1. The third-order valence-electron chi connectivity index (χ3n) is 5.01. The van der Waals surface area contributed by atoms with Gasteiger partial charge >= 0.3 is 12.1 Å². The van der Waals surface area contributed by atoms with Gasteiger partial charge in [0.15, 0.2) is 0 Å². The van der Waals surface area contributed by atoms with Crippen LogP contribution in [0.2, 0.25) is 0 Å². The molecule has 1 N–H and O–H groups in total. The van der Waals surface area contributed by atoms with Crippen molar-refractivity contribution in [2.75, 3.05) is 0 Å². The van der Waals surface area contributed by atoms with E-state index < -0.39 is 17.7 Å². The van der Waals surface area contributed by atoms with Crippen molar-refractivity contribution >= 4 is 27.4 Å². The number of thiophene rings is 1. The molecule has 0 saturated carbocycles. The fourth-order valence-corrected chi connectivity index (χ4v) is 4.32. The van der Waals surface area contributed by atoms with Crippen LogP contribution in [0, 0.1) is 0 Å². The number of hydrogen-bond donors (Lipinski definition) is 1. The number of benzene rings is 3. The van der Waals surface area contributed by atoms with Gasteiger partial charge < -0.3 is 14.6 Å². The minimum absolute atomic E-state index is 0.0240. The Morgan fingerprint density at radius 2 is 1.67 bits per heavy atom. The van der Waals surface area contributed by atoms with Gasteiger partial charge in [-0.15, -0.1) is 11.3 Å². The van der Waals surface area contributed by atoms with Crippen LogP contribution in [-0.2, 0) is 30.6 Å². The molecule has 0 radical (unpaired) electrons. The molecule has 0 aliphatic rings. The first-order valence-electron chi connectivity index (χ1n) is 10.0. The van der Waals surface area contributed by atoms with E-state index in [2.05, 4.69) is 0 Å². The molecule has 4 rings (SSSR count). The van der Waals surface area contributed by atoms with E-state index in [0.29, 0.717) is 17.1 Å². The van der Waals surface area contributed by atoms with Gasteiger partial charge in [-0.05, 0) is 58.3 Å². The Hall–Kier alpha value is -3.52. The highest BCUT2D eigenvalue weighted by molar-refractivity contribution is 7.17. The van der Waals surface area contributed by atoms with E-state index in [0.717, 1.165) is 33.3 Å². The number of rotatable bonds is 8. The lowest BCUT2D eigenvalue weighted by Crippen LogP contribution is -2.05. The zero-order chi connectivity index (χ0) is 23.4. The minimum atomic E-state index is -4.37. The molecule has 170 valence electrons. The zero-order valence-corrected chi connectivity index (χ0v) is 18.1. The lowest BCUT2D eigenvalue weighted by Gasteiger charge is -2.13. The Morgan fingerprint density at radius 1 is 0.909 bits per heavy atom. The van der Waals surface area contributed by atoms with Gasteiger partial charge in [-0.2, -0.15) is 13.2 Å². The summed E-state index contributed by atoms with van der Waals surface area (Å²) in [6.45, 7) is 0.366. The van der Waals surface area contributed by atoms with Crippen molar-refractivity contribution in [3.63, 3.8) is 0 Å². The third kappa shape index (κ3) is 5.64. The molecule has 33 heavy (non-hydrogen) atoms. The predicted octanol–water partition coefficient (Wildman–Crippen LogP) is 6.71. The van der Waals surface area contributed by atoms with Gasteiger partial charge in [0.05, 0.1) is 12.0 Å². The van der Waals surface area contributed by atoms with Gasteiger partial charge in [-0.25, -0.2) is 0 Å². The topological polar surface area (TPSA) is 55.8 Å². The number of fused-ring (bicyclic) bond motifs is 1. The van der Waals surface area contributed by atoms with Gasteiger partial charge in [-0.3, -0.25) is 4.79 Å². The molecule has 0 bridgehead atoms. The molecule has 0 aliphatic heterocycles. The number of hydrogen-bond acceptors (Lipinski definition) is 4. The molecule has 1 aromatic heterocycles. The highest BCUT2D eigenvalue weighted by Gasteiger charge is 2.29. The summed E-state index contributed by atoms with van der Waals surface area (Å²) >= 11 is 1.46. The number of carboxylic acid groups (broad SMARTS) is 1. The summed E-state index contributed by atoms with van der Waals surface area (Å²) in [6.07, 6.45) is -4.39. The molecule has 4 nitrogen and oxygen atoms in total. The van der Waals surface area contributed by atoms with Crippen LogP contribution in [-0.4, -0.2) is 11.1 Å². The fraction of sp³-hybridized carbons (Fsp3) is 0.160. The molecule has 0 atom stereocenters. The lowest BCUT2D eigenvalue weighted by molar-refractivity contribution is -0.138. The molecule has 0 aliphatic carbocycles. The molecule has 0 unspecified atom stereocenters. The number of para-hydroxylation sites is 1. The van der Waals surface area contributed by atoms with E-state index in [4.69, 9.17) is 14.6 Å². The van der Waals surface area contributed by atoms with Crippen LogP contribution in [0.25, 0.3) is 10.1 Å². The Labute approximate surface area is 191 Å². The number of ether oxygens (including phenoxy) is 2. The predicted molar refractivity (Wildman–Crippen MR) is 120 cm³/mol. The van der Waals surface area contributed by atoms with Crippen molar-refractivity contribution in [1.82, 2.24) is 0 Å². The standard InChI is InChI=1S/C25H19F3O4S/c26-25(27,28)19-7-5-16(6-8-19)13-32-22-4-2-1-3-17(22)14-31-20-9-10-21-18(11-24(29)30)15-33-23(21)12-20/h1-10,12,15H,11,13-14H2,(H,29,30). The van der Waals surface area contributed by atoms with Gasteiger partial charge in [-0.1, -0.05) is 30.3 Å². The quantitative estimate of drug-likeness (QED) is 0.310. The summed E-state index contributed by atoms with van der Waals surface area (Å²) in [5.41, 5.74) is 1.50. The number of halogens is 3. The second-order valence-electron chi connectivity index (χ2n) is 7.37. The zero-order valence-electron chi connectivity index (χ0n) is 17.3. The van der Waals surface area contributed by atoms with Crippen molar-refractivity contribution < 1.29 is 32.5 Å². The molecule has 1 heterocycles. The van der Waals surface area contributed by atoms with E-state index >= 15 is 0 Å². The number of carbonyl (C=O) groups is 1. The summed E-state index contributed by atoms with van der Waals surface area (Å²) in [7, 11) is 0. The highest BCUT2D eigenvalue weighted by atomic mass is 32.1. The van der Waals surface area contributed by atoms with E-state index in [1.54, 1.807) is 12.1 Å². The smallest absolute Gasteiger partial charge is 0.416 e. The molecular weight excluding hydrogens is 453 g/mol. The summed E-state index contributed by atoms with van der Waals surface area (Å²) in [5.74, 6) is 0.352. The summed E-state index contributed by atoms with van der Waals surface area (Å²) in [4.78, 5) is 11.0. The Morgan fingerprint density at radius 3 is 2.39 bits per heavy atom. The van der Waals surface area contributed by atoms with E-state index in [-0.39, 0.29) is 19.6 Å². The van der Waals surface area contributed by atoms with E-state index in [9.17, 15) is 18.0 Å². The number of alkyl halides is 3. The van der Waals surface area contributed by atoms with Crippen molar-refractivity contribution in [2.45, 2.75) is 25.8 Å². The molecule has 3 aromatic carbocycles. The maximum Gasteiger partial charge on any atom is 0.416 e. The first-order chi connectivity index (χ1) is 15.8. The van der Waals surface area contributed by atoms with Gasteiger partial charge in [0.1, 0.15) is 24.7 Å². The lowest BCUT2D eigenvalue weighted by atomic mass is 10.1. The monoisotopic (exact) mass is 472 g/mol. The van der Waals surface area contributed by atoms with Crippen LogP contribution < -0.4 is 9.47 Å². The Bertz CT molecular complexity index is 1260. The van der Waals surface area contributed by atoms with Crippen molar-refractivity contribution in [3.8, 4) is 11.5 Å². The average molecular weight is 472 g/mol. The first-order valence-corrected chi connectivity index (χ1v) is 10.9. The maximum atomic E-state index is 12.7. The second-order valence-corrected chi connectivity index (χ2v) is 8.28. The fourth-order valence-electron chi connectivity index (χ4n) is 3.33. The number of aliphatic carboxylic acids is 1. The molecule has 4 aromatic rings. The van der Waals surface area contributed by atoms with E-state index in [1.165, 1.54) is 23.5 Å². The van der Waals surface area contributed by atoms with Crippen LogP contribution in [0.4, 0.5) is 13.2 Å². The molecule has 0 amide bonds. The van der Waals surface area contributed by atoms with Crippen molar-refractivity contribution in [2.24, 2.45) is 0 Å². The average Bonchev–Trinajstić information content (AvgIpc) is 3.18. The molecular formula is C25H19F3O4S. The Balaban J connectivity index is 1.41. The maximum absolute atomic E-state index is 12.7. The molecule has 0 fully saturated rings. The van der Waals surface area contributed by atoms with Crippen LogP contribution in [0.3, 0.4) is 0 Å². The summed E-state index contributed by atoms with van der Waals surface area (Å²) < 4.78 is 50.8. The van der Waals surface area contributed by atoms with Gasteiger partial charge in [0, 0.05) is 10.3 Å². The molecule has 0 saturated heterocycles. The van der Waals surface area contributed by atoms with E-state index in [1.807, 2.05) is 35.7 Å². The van der Waals surface area contributed by atoms with Crippen LogP contribution >= 0.6 is 11.3 Å². The molecule has 0 spiro atoms. The first kappa shape index (κ1) is 22.7. The van der Waals surface area contributed by atoms with Crippen molar-refractivity contribution in [1.29, 1.82) is 0 Å². The normalized spacial score (nSPS) is 11.5. The highest BCUT2D eigenvalue weighted by Crippen LogP contribution is 2.31. The Kier molecular flexibility index (Phi) is 6.55. The van der Waals surface area contributed by atoms with Gasteiger partial charge in [0.25, 0.3) is 0 Å². The SMILES string of the molecule is O=C(O)Cc1csc2cc(OCc3ccccc3OCc3ccc(C(F)(F)F)cc3)ccc12. The minimum Gasteiger partial charge on any atom is -0.489 e. The third-order valence-corrected chi connectivity index (χ3v) is 6.01. The van der Waals surface area contributed by atoms with Crippen LogP contribution in [0.1, 0.15) is 22.3 Å². The van der Waals surface area contributed by atoms with Crippen LogP contribution in [0.5, 0.6) is 11.5 Å². The van der Waals surface area contributed by atoms with Gasteiger partial charge in [0.2, 0.25) is 0 Å². The van der Waals surface area contributed by atoms with Crippen LogP contribution in [0.15, 0.2) is 72.1 Å². The largest absolute Gasteiger partial charge is 0.489 e.